The second kappa shape index (κ2) is 4.98. The van der Waals surface area contributed by atoms with Crippen molar-refractivity contribution in [3.05, 3.63) is 52.3 Å². The molecule has 0 fully saturated rings. The Hall–Kier alpha value is -1.55. The van der Waals surface area contributed by atoms with Crippen LogP contribution in [0.2, 0.25) is 0 Å². The first-order valence-electron chi connectivity index (χ1n) is 5.71. The van der Waals surface area contributed by atoms with Gasteiger partial charge >= 0.3 is 5.97 Å². The first kappa shape index (κ1) is 12.9. The molecule has 0 bridgehead atoms. The smallest absolute Gasteiger partial charge is 0.352 e. The minimum atomic E-state index is -0.919. The lowest BCUT2D eigenvalue weighted by Crippen LogP contribution is -2.08. The van der Waals surface area contributed by atoms with E-state index in [1.807, 2.05) is 18.2 Å². The molecule has 0 saturated carbocycles. The Kier molecular flexibility index (Phi) is 3.57. The van der Waals surface area contributed by atoms with Gasteiger partial charge in [0.1, 0.15) is 5.69 Å². The molecule has 0 aliphatic rings. The van der Waals surface area contributed by atoms with Crippen LogP contribution in [0.1, 0.15) is 35.8 Å². The van der Waals surface area contributed by atoms with Crippen LogP contribution in [0.15, 0.2) is 41.0 Å². The molecule has 2 rings (SSSR count). The SMILES string of the molecule is CC(C)c1cc(Br)ccc1-n1cccc1C(=O)O. The number of hydrogen-bond acceptors (Lipinski definition) is 1. The second-order valence-corrected chi connectivity index (χ2v) is 5.34. The van der Waals surface area contributed by atoms with Crippen LogP contribution in [0, 0.1) is 0 Å². The standard InChI is InChI=1S/C14H14BrNO2/c1-9(2)11-8-10(15)5-6-12(11)16-7-3-4-13(16)14(17)18/h3-9H,1-2H3,(H,17,18). The van der Waals surface area contributed by atoms with Crippen molar-refractivity contribution in [3.8, 4) is 5.69 Å². The molecule has 3 nitrogen and oxygen atoms in total. The van der Waals surface area contributed by atoms with Crippen LogP contribution >= 0.6 is 15.9 Å². The molecule has 94 valence electrons. The molecule has 1 aromatic carbocycles. The first-order valence-corrected chi connectivity index (χ1v) is 6.50. The summed E-state index contributed by atoms with van der Waals surface area (Å²) in [6.07, 6.45) is 1.78. The normalized spacial score (nSPS) is 10.9. The lowest BCUT2D eigenvalue weighted by atomic mass is 10.0. The van der Waals surface area contributed by atoms with Gasteiger partial charge in [-0.25, -0.2) is 4.79 Å². The van der Waals surface area contributed by atoms with Gasteiger partial charge in [-0.2, -0.15) is 0 Å². The summed E-state index contributed by atoms with van der Waals surface area (Å²) in [5.74, 6) is -0.598. The molecule has 0 radical (unpaired) electrons. The van der Waals surface area contributed by atoms with E-state index in [2.05, 4.69) is 29.8 Å². The van der Waals surface area contributed by atoms with Gasteiger partial charge in [0, 0.05) is 16.4 Å². The van der Waals surface area contributed by atoms with Gasteiger partial charge in [0.25, 0.3) is 0 Å². The number of rotatable bonds is 3. The van der Waals surface area contributed by atoms with E-state index in [-0.39, 0.29) is 5.69 Å². The van der Waals surface area contributed by atoms with Gasteiger partial charge in [-0.05, 0) is 41.8 Å². The predicted molar refractivity (Wildman–Crippen MR) is 74.5 cm³/mol. The molecule has 1 aromatic heterocycles. The van der Waals surface area contributed by atoms with Crippen LogP contribution in [0.4, 0.5) is 0 Å². The molecule has 0 saturated heterocycles. The Bertz CT molecular complexity index is 587. The van der Waals surface area contributed by atoms with E-state index in [9.17, 15) is 4.79 Å². The number of halogens is 1. The van der Waals surface area contributed by atoms with Crippen LogP contribution in [0.5, 0.6) is 0 Å². The van der Waals surface area contributed by atoms with E-state index in [4.69, 9.17) is 5.11 Å². The number of aromatic nitrogens is 1. The zero-order valence-corrected chi connectivity index (χ0v) is 11.8. The molecule has 0 aliphatic carbocycles. The largest absolute Gasteiger partial charge is 0.477 e. The van der Waals surface area contributed by atoms with Crippen molar-refractivity contribution >= 4 is 21.9 Å². The average Bonchev–Trinajstić information content (AvgIpc) is 2.77. The third-order valence-corrected chi connectivity index (χ3v) is 3.33. The quantitative estimate of drug-likeness (QED) is 0.929. The molecular weight excluding hydrogens is 294 g/mol. The van der Waals surface area contributed by atoms with Gasteiger partial charge in [-0.3, -0.25) is 0 Å². The Morgan fingerprint density at radius 1 is 1.33 bits per heavy atom. The Balaban J connectivity index is 2.63. The predicted octanol–water partition coefficient (Wildman–Crippen LogP) is 4.06. The van der Waals surface area contributed by atoms with Crippen molar-refractivity contribution < 1.29 is 9.90 Å². The minimum Gasteiger partial charge on any atom is -0.477 e. The summed E-state index contributed by atoms with van der Waals surface area (Å²) >= 11 is 3.45. The van der Waals surface area contributed by atoms with Crippen LogP contribution in [0.3, 0.4) is 0 Å². The lowest BCUT2D eigenvalue weighted by Gasteiger charge is -2.15. The monoisotopic (exact) mass is 307 g/mol. The topological polar surface area (TPSA) is 42.2 Å². The maximum Gasteiger partial charge on any atom is 0.352 e. The lowest BCUT2D eigenvalue weighted by molar-refractivity contribution is 0.0688. The van der Waals surface area contributed by atoms with Crippen molar-refractivity contribution in [3.63, 3.8) is 0 Å². The molecule has 2 aromatic rings. The maximum absolute atomic E-state index is 11.2. The molecule has 0 spiro atoms. The number of benzene rings is 1. The molecule has 0 aliphatic heterocycles. The minimum absolute atomic E-state index is 0.277. The van der Waals surface area contributed by atoms with Crippen LogP contribution in [0.25, 0.3) is 5.69 Å². The van der Waals surface area contributed by atoms with Gasteiger partial charge < -0.3 is 9.67 Å². The van der Waals surface area contributed by atoms with Gasteiger partial charge in [0.2, 0.25) is 0 Å². The highest BCUT2D eigenvalue weighted by molar-refractivity contribution is 9.10. The van der Waals surface area contributed by atoms with E-state index in [1.165, 1.54) is 0 Å². The number of nitrogens with zero attached hydrogens (tertiary/aromatic N) is 1. The van der Waals surface area contributed by atoms with E-state index in [0.717, 1.165) is 15.7 Å². The van der Waals surface area contributed by atoms with Crippen LogP contribution < -0.4 is 0 Å². The highest BCUT2D eigenvalue weighted by Gasteiger charge is 2.14. The van der Waals surface area contributed by atoms with Gasteiger partial charge in [0.15, 0.2) is 0 Å². The number of carboxylic acids is 1. The third kappa shape index (κ3) is 2.34. The molecule has 0 unspecified atom stereocenters. The third-order valence-electron chi connectivity index (χ3n) is 2.84. The molecular formula is C14H14BrNO2. The van der Waals surface area contributed by atoms with E-state index >= 15 is 0 Å². The molecule has 0 amide bonds. The molecule has 18 heavy (non-hydrogen) atoms. The van der Waals surface area contributed by atoms with Gasteiger partial charge in [-0.1, -0.05) is 29.8 Å². The number of carboxylic acid groups (broad SMARTS) is 1. The fraction of sp³-hybridized carbons (Fsp3) is 0.214. The number of carbonyl (C=O) groups is 1. The second-order valence-electron chi connectivity index (χ2n) is 4.43. The highest BCUT2D eigenvalue weighted by atomic mass is 79.9. The Morgan fingerprint density at radius 3 is 2.67 bits per heavy atom. The maximum atomic E-state index is 11.2. The summed E-state index contributed by atoms with van der Waals surface area (Å²) < 4.78 is 2.71. The zero-order valence-electron chi connectivity index (χ0n) is 10.2. The fourth-order valence-electron chi connectivity index (χ4n) is 1.97. The summed E-state index contributed by atoms with van der Waals surface area (Å²) in [5, 5.41) is 9.17. The Labute approximate surface area is 114 Å². The Morgan fingerprint density at radius 2 is 2.06 bits per heavy atom. The van der Waals surface area contributed by atoms with Crippen molar-refractivity contribution in [1.29, 1.82) is 0 Å². The van der Waals surface area contributed by atoms with Crippen molar-refractivity contribution in [2.24, 2.45) is 0 Å². The summed E-state index contributed by atoms with van der Waals surface area (Å²) in [4.78, 5) is 11.2. The first-order chi connectivity index (χ1) is 8.50. The van der Waals surface area contributed by atoms with Crippen molar-refractivity contribution in [1.82, 2.24) is 4.57 Å². The van der Waals surface area contributed by atoms with Crippen molar-refractivity contribution in [2.75, 3.05) is 0 Å². The van der Waals surface area contributed by atoms with Crippen LogP contribution in [-0.4, -0.2) is 15.6 Å². The van der Waals surface area contributed by atoms with Gasteiger partial charge in [-0.15, -0.1) is 0 Å². The summed E-state index contributed by atoms with van der Waals surface area (Å²) in [7, 11) is 0. The summed E-state index contributed by atoms with van der Waals surface area (Å²) in [5.41, 5.74) is 2.30. The van der Waals surface area contributed by atoms with E-state index in [0.29, 0.717) is 5.92 Å². The molecule has 1 N–H and O–H groups in total. The highest BCUT2D eigenvalue weighted by Crippen LogP contribution is 2.27. The average molecular weight is 308 g/mol. The van der Waals surface area contributed by atoms with Gasteiger partial charge in [0.05, 0.1) is 0 Å². The molecule has 4 heteroatoms. The fourth-order valence-corrected chi connectivity index (χ4v) is 2.35. The van der Waals surface area contributed by atoms with Crippen LogP contribution in [-0.2, 0) is 0 Å². The van der Waals surface area contributed by atoms with E-state index < -0.39 is 5.97 Å². The number of aromatic carboxylic acids is 1. The summed E-state index contributed by atoms with van der Waals surface area (Å²) in [6, 6.07) is 9.24. The number of hydrogen-bond donors (Lipinski definition) is 1. The molecule has 1 heterocycles. The van der Waals surface area contributed by atoms with Crippen molar-refractivity contribution in [2.45, 2.75) is 19.8 Å². The summed E-state index contributed by atoms with van der Waals surface area (Å²) in [6.45, 7) is 4.18. The zero-order chi connectivity index (χ0) is 13.3. The molecule has 0 atom stereocenters. The van der Waals surface area contributed by atoms with E-state index in [1.54, 1.807) is 22.9 Å².